The summed E-state index contributed by atoms with van der Waals surface area (Å²) in [5.74, 6) is 0. The van der Waals surface area contributed by atoms with E-state index in [0.717, 1.165) is 4.31 Å². The van der Waals surface area contributed by atoms with Crippen molar-refractivity contribution in [2.75, 3.05) is 26.8 Å². The lowest BCUT2D eigenvalue weighted by Gasteiger charge is -2.22. The van der Waals surface area contributed by atoms with Crippen molar-refractivity contribution in [1.82, 2.24) is 4.31 Å². The van der Waals surface area contributed by atoms with Gasteiger partial charge in [0, 0.05) is 26.6 Å². The Labute approximate surface area is 128 Å². The van der Waals surface area contributed by atoms with Crippen LogP contribution in [0.4, 0.5) is 0 Å². The standard InChI is InChI=1S/C12H14Cl2N2O3S/c1-19-9-8-16(7-3-6-15)20(17,18)12-10(13)4-2-5-11(12)14/h2,4-5H,3,7-9H2,1H3. The number of rotatable bonds is 7. The lowest BCUT2D eigenvalue weighted by atomic mass is 10.4. The highest BCUT2D eigenvalue weighted by Crippen LogP contribution is 2.31. The van der Waals surface area contributed by atoms with E-state index in [0.29, 0.717) is 0 Å². The number of hydrogen-bond donors (Lipinski definition) is 0. The molecule has 20 heavy (non-hydrogen) atoms. The van der Waals surface area contributed by atoms with Crippen molar-refractivity contribution < 1.29 is 13.2 Å². The summed E-state index contributed by atoms with van der Waals surface area (Å²) >= 11 is 11.9. The summed E-state index contributed by atoms with van der Waals surface area (Å²) in [5, 5.41) is 8.74. The van der Waals surface area contributed by atoms with Gasteiger partial charge in [-0.15, -0.1) is 0 Å². The highest BCUT2D eigenvalue weighted by molar-refractivity contribution is 7.89. The number of halogens is 2. The van der Waals surface area contributed by atoms with Crippen LogP contribution in [0.15, 0.2) is 23.1 Å². The van der Waals surface area contributed by atoms with E-state index in [2.05, 4.69) is 0 Å². The van der Waals surface area contributed by atoms with Crippen molar-refractivity contribution in [3.8, 4) is 6.07 Å². The maximum Gasteiger partial charge on any atom is 0.246 e. The van der Waals surface area contributed by atoms with Crippen molar-refractivity contribution in [3.63, 3.8) is 0 Å². The van der Waals surface area contributed by atoms with Gasteiger partial charge in [-0.05, 0) is 12.1 Å². The summed E-state index contributed by atoms with van der Waals surface area (Å²) in [6.07, 6.45) is 0.0744. The molecule has 1 rings (SSSR count). The SMILES string of the molecule is COCCN(CCC#N)S(=O)(=O)c1c(Cl)cccc1Cl. The van der Waals surface area contributed by atoms with E-state index >= 15 is 0 Å². The van der Waals surface area contributed by atoms with Gasteiger partial charge in [0.05, 0.1) is 22.7 Å². The molecule has 0 saturated carbocycles. The molecule has 0 unspecified atom stereocenters. The second-order valence-corrected chi connectivity index (χ2v) is 6.54. The monoisotopic (exact) mass is 336 g/mol. The van der Waals surface area contributed by atoms with Crippen LogP contribution in [0.25, 0.3) is 0 Å². The summed E-state index contributed by atoms with van der Waals surface area (Å²) in [7, 11) is -2.40. The van der Waals surface area contributed by atoms with Gasteiger partial charge < -0.3 is 4.74 Å². The molecule has 0 N–H and O–H groups in total. The quantitative estimate of drug-likeness (QED) is 0.767. The van der Waals surface area contributed by atoms with E-state index in [1.165, 1.54) is 19.2 Å². The number of nitrogens with zero attached hydrogens (tertiary/aromatic N) is 2. The Kier molecular flexibility index (Phi) is 6.72. The van der Waals surface area contributed by atoms with Crippen molar-refractivity contribution in [1.29, 1.82) is 5.26 Å². The minimum Gasteiger partial charge on any atom is -0.383 e. The fourth-order valence-electron chi connectivity index (χ4n) is 1.58. The van der Waals surface area contributed by atoms with Crippen LogP contribution >= 0.6 is 23.2 Å². The topological polar surface area (TPSA) is 70.4 Å². The molecule has 5 nitrogen and oxygen atoms in total. The highest BCUT2D eigenvalue weighted by atomic mass is 35.5. The van der Waals surface area contributed by atoms with Crippen molar-refractivity contribution in [2.24, 2.45) is 0 Å². The largest absolute Gasteiger partial charge is 0.383 e. The van der Waals surface area contributed by atoms with Gasteiger partial charge in [0.15, 0.2) is 0 Å². The molecule has 0 aliphatic carbocycles. The molecule has 0 bridgehead atoms. The average molecular weight is 337 g/mol. The Balaban J connectivity index is 3.18. The van der Waals surface area contributed by atoms with Gasteiger partial charge in [-0.3, -0.25) is 0 Å². The van der Waals surface area contributed by atoms with E-state index in [4.69, 9.17) is 33.2 Å². The number of hydrogen-bond acceptors (Lipinski definition) is 4. The molecule has 0 radical (unpaired) electrons. The molecule has 0 atom stereocenters. The van der Waals surface area contributed by atoms with Crippen LogP contribution in [-0.4, -0.2) is 39.5 Å². The second kappa shape index (κ2) is 7.81. The minimum absolute atomic E-state index is 0.0527. The Bertz CT molecular complexity index is 579. The molecule has 1 aromatic rings. The van der Waals surface area contributed by atoms with E-state index < -0.39 is 10.0 Å². The Morgan fingerprint density at radius 3 is 2.40 bits per heavy atom. The van der Waals surface area contributed by atoms with Crippen LogP contribution in [0, 0.1) is 11.3 Å². The molecular formula is C12H14Cl2N2O3S. The molecule has 8 heteroatoms. The smallest absolute Gasteiger partial charge is 0.246 e. The Hall–Kier alpha value is -0.840. The van der Waals surface area contributed by atoms with Crippen molar-refractivity contribution in [2.45, 2.75) is 11.3 Å². The first kappa shape index (κ1) is 17.2. The van der Waals surface area contributed by atoms with E-state index in [9.17, 15) is 8.42 Å². The van der Waals surface area contributed by atoms with Crippen LogP contribution in [-0.2, 0) is 14.8 Å². The minimum atomic E-state index is -3.87. The number of methoxy groups -OCH3 is 1. The first-order valence-corrected chi connectivity index (χ1v) is 7.94. The lowest BCUT2D eigenvalue weighted by Crippen LogP contribution is -2.35. The fourth-order valence-corrected chi connectivity index (χ4v) is 4.09. The summed E-state index contributed by atoms with van der Waals surface area (Å²) in [6.45, 7) is 0.401. The zero-order chi connectivity index (χ0) is 15.2. The van der Waals surface area contributed by atoms with Crippen LogP contribution in [0.3, 0.4) is 0 Å². The maximum absolute atomic E-state index is 12.6. The van der Waals surface area contributed by atoms with E-state index in [-0.39, 0.29) is 41.1 Å². The zero-order valence-electron chi connectivity index (χ0n) is 10.8. The van der Waals surface area contributed by atoms with Gasteiger partial charge in [0.25, 0.3) is 0 Å². The molecule has 0 aromatic heterocycles. The van der Waals surface area contributed by atoms with Crippen LogP contribution < -0.4 is 0 Å². The third-order valence-corrected chi connectivity index (χ3v) is 5.39. The molecule has 0 heterocycles. The van der Waals surface area contributed by atoms with E-state index in [1.807, 2.05) is 6.07 Å². The van der Waals surface area contributed by atoms with Crippen LogP contribution in [0.1, 0.15) is 6.42 Å². The molecular weight excluding hydrogens is 323 g/mol. The van der Waals surface area contributed by atoms with Gasteiger partial charge in [0.2, 0.25) is 10.0 Å². The van der Waals surface area contributed by atoms with Crippen LogP contribution in [0.2, 0.25) is 10.0 Å². The van der Waals surface area contributed by atoms with Gasteiger partial charge in [-0.1, -0.05) is 29.3 Å². The average Bonchev–Trinajstić information content (AvgIpc) is 2.38. The third kappa shape index (κ3) is 4.08. The molecule has 0 amide bonds. The Morgan fingerprint density at radius 2 is 1.90 bits per heavy atom. The van der Waals surface area contributed by atoms with Gasteiger partial charge in [-0.2, -0.15) is 9.57 Å². The molecule has 0 saturated heterocycles. The Morgan fingerprint density at radius 1 is 1.30 bits per heavy atom. The summed E-state index contributed by atoms with van der Waals surface area (Å²) in [6, 6.07) is 6.40. The second-order valence-electron chi connectivity index (χ2n) is 3.86. The predicted octanol–water partition coefficient (Wildman–Crippen LogP) is 2.54. The van der Waals surface area contributed by atoms with Gasteiger partial charge in [0.1, 0.15) is 4.90 Å². The predicted molar refractivity (Wildman–Crippen MR) is 77.3 cm³/mol. The fraction of sp³-hybridized carbons (Fsp3) is 0.417. The van der Waals surface area contributed by atoms with E-state index in [1.54, 1.807) is 6.07 Å². The molecule has 0 fully saturated rings. The normalized spacial score (nSPS) is 11.6. The number of nitriles is 1. The number of benzene rings is 1. The maximum atomic E-state index is 12.6. The summed E-state index contributed by atoms with van der Waals surface area (Å²) < 4.78 is 31.2. The van der Waals surface area contributed by atoms with Crippen molar-refractivity contribution >= 4 is 33.2 Å². The molecule has 1 aromatic carbocycles. The third-order valence-electron chi connectivity index (χ3n) is 2.53. The van der Waals surface area contributed by atoms with Gasteiger partial charge in [-0.25, -0.2) is 8.42 Å². The zero-order valence-corrected chi connectivity index (χ0v) is 13.2. The molecule has 0 aliphatic rings. The summed E-state index contributed by atoms with van der Waals surface area (Å²) in [4.78, 5) is -0.141. The first-order chi connectivity index (χ1) is 9.45. The first-order valence-electron chi connectivity index (χ1n) is 5.75. The molecule has 0 spiro atoms. The molecule has 110 valence electrons. The molecule has 0 aliphatic heterocycles. The van der Waals surface area contributed by atoms with Crippen molar-refractivity contribution in [3.05, 3.63) is 28.2 Å². The highest BCUT2D eigenvalue weighted by Gasteiger charge is 2.28. The van der Waals surface area contributed by atoms with Crippen LogP contribution in [0.5, 0.6) is 0 Å². The summed E-state index contributed by atoms with van der Waals surface area (Å²) in [5.41, 5.74) is 0. The number of sulfonamides is 1. The van der Waals surface area contributed by atoms with Gasteiger partial charge >= 0.3 is 0 Å². The number of ether oxygens (including phenoxy) is 1. The lowest BCUT2D eigenvalue weighted by molar-refractivity contribution is 0.179.